The molecular weight excluding hydrogens is 628 g/mol. The molecule has 2 saturated carbocycles. The van der Waals surface area contributed by atoms with Crippen LogP contribution in [0.15, 0.2) is 60.8 Å². The number of rotatable bonds is 4. The number of benzene rings is 3. The molecule has 0 bridgehead atoms. The van der Waals surface area contributed by atoms with Crippen LogP contribution in [-0.4, -0.2) is 65.2 Å². The molecule has 2 saturated heterocycles. The molecule has 258 valence electrons. The zero-order chi connectivity index (χ0) is 34.7. The van der Waals surface area contributed by atoms with E-state index in [1.54, 1.807) is 0 Å². The Balaban J connectivity index is 0.937. The largest absolute Gasteiger partial charge is 0.444 e. The Morgan fingerprint density at radius 1 is 0.680 bits per heavy atom. The fraction of sp³-hybridized carbons (Fsp3) is 0.450. The number of aromatic nitrogens is 4. The summed E-state index contributed by atoms with van der Waals surface area (Å²) in [5.74, 6) is 2.69. The number of imidazole rings is 2. The molecule has 2 aliphatic carbocycles. The van der Waals surface area contributed by atoms with Crippen molar-refractivity contribution in [3.8, 4) is 22.4 Å². The number of nitrogens with zero attached hydrogens (tertiary/aromatic N) is 4. The van der Waals surface area contributed by atoms with Crippen LogP contribution in [0.1, 0.15) is 91.0 Å². The van der Waals surface area contributed by atoms with Gasteiger partial charge in [-0.3, -0.25) is 9.80 Å². The van der Waals surface area contributed by atoms with E-state index in [1.165, 1.54) is 0 Å². The molecular formula is C40H44N6O4. The van der Waals surface area contributed by atoms with E-state index in [-0.39, 0.29) is 36.4 Å². The fourth-order valence-electron chi connectivity index (χ4n) is 8.17. The van der Waals surface area contributed by atoms with Crippen LogP contribution < -0.4 is 0 Å². The van der Waals surface area contributed by atoms with E-state index >= 15 is 0 Å². The van der Waals surface area contributed by atoms with Crippen LogP contribution in [0.4, 0.5) is 9.59 Å². The van der Waals surface area contributed by atoms with E-state index < -0.39 is 11.2 Å². The Hall–Kier alpha value is -4.86. The summed E-state index contributed by atoms with van der Waals surface area (Å²) in [6.07, 6.45) is 5.27. The van der Waals surface area contributed by atoms with Gasteiger partial charge in [0.05, 0.1) is 35.0 Å². The number of ether oxygens (including phenoxy) is 2. The molecule has 4 fully saturated rings. The van der Waals surface area contributed by atoms with Crippen molar-refractivity contribution >= 4 is 34.0 Å². The Labute approximate surface area is 291 Å². The highest BCUT2D eigenvalue weighted by molar-refractivity contribution is 5.92. The highest BCUT2D eigenvalue weighted by Gasteiger charge is 2.57. The van der Waals surface area contributed by atoms with Gasteiger partial charge in [0.1, 0.15) is 22.9 Å². The van der Waals surface area contributed by atoms with Gasteiger partial charge in [-0.15, -0.1) is 0 Å². The molecule has 10 heteroatoms. The Morgan fingerprint density at radius 2 is 1.22 bits per heavy atom. The number of aromatic amines is 2. The first-order valence-electron chi connectivity index (χ1n) is 17.9. The normalized spacial score (nSPS) is 25.6. The average molecular weight is 673 g/mol. The van der Waals surface area contributed by atoms with E-state index in [9.17, 15) is 9.59 Å². The van der Waals surface area contributed by atoms with Gasteiger partial charge in [-0.1, -0.05) is 30.3 Å². The van der Waals surface area contributed by atoms with Crippen molar-refractivity contribution in [2.24, 2.45) is 11.8 Å². The van der Waals surface area contributed by atoms with Gasteiger partial charge in [0.25, 0.3) is 0 Å². The molecule has 2 amide bonds. The Bertz CT molecular complexity index is 2170. The van der Waals surface area contributed by atoms with Crippen LogP contribution >= 0.6 is 0 Å². The number of amides is 2. The lowest BCUT2D eigenvalue weighted by Gasteiger charge is -2.29. The Kier molecular flexibility index (Phi) is 6.74. The average Bonchev–Trinajstić information content (AvgIpc) is 3.67. The van der Waals surface area contributed by atoms with Crippen LogP contribution in [0.5, 0.6) is 0 Å². The lowest BCUT2D eigenvalue weighted by molar-refractivity contribution is 0.0164. The minimum Gasteiger partial charge on any atom is -0.444 e. The molecule has 50 heavy (non-hydrogen) atoms. The molecule has 2 unspecified atom stereocenters. The van der Waals surface area contributed by atoms with Gasteiger partial charge >= 0.3 is 12.2 Å². The van der Waals surface area contributed by atoms with E-state index in [4.69, 9.17) is 19.4 Å². The molecule has 9 rings (SSSR count). The summed E-state index contributed by atoms with van der Waals surface area (Å²) in [4.78, 5) is 46.7. The van der Waals surface area contributed by atoms with Gasteiger partial charge in [-0.2, -0.15) is 0 Å². The molecule has 2 aliphatic heterocycles. The second kappa shape index (κ2) is 10.8. The molecule has 5 aromatic rings. The fourth-order valence-corrected chi connectivity index (χ4v) is 8.17. The molecule has 2 aromatic heterocycles. The molecule has 2 N–H and O–H groups in total. The van der Waals surface area contributed by atoms with E-state index in [0.717, 1.165) is 81.5 Å². The number of carbonyl (C=O) groups is 2. The van der Waals surface area contributed by atoms with Crippen molar-refractivity contribution in [1.29, 1.82) is 0 Å². The summed E-state index contributed by atoms with van der Waals surface area (Å²) < 4.78 is 11.5. The summed E-state index contributed by atoms with van der Waals surface area (Å²) in [5.41, 5.74) is 4.97. The zero-order valence-electron chi connectivity index (χ0n) is 29.5. The lowest BCUT2D eigenvalue weighted by Crippen LogP contribution is -2.38. The number of carbonyl (C=O) groups excluding carboxylic acids is 2. The van der Waals surface area contributed by atoms with Crippen molar-refractivity contribution in [2.45, 2.75) is 103 Å². The predicted molar refractivity (Wildman–Crippen MR) is 191 cm³/mol. The van der Waals surface area contributed by atoms with Crippen molar-refractivity contribution in [3.63, 3.8) is 0 Å². The molecule has 6 atom stereocenters. The minimum atomic E-state index is -0.538. The smallest absolute Gasteiger partial charge is 0.411 e. The van der Waals surface area contributed by atoms with Crippen molar-refractivity contribution in [1.82, 2.24) is 29.7 Å². The topological polar surface area (TPSA) is 116 Å². The second-order valence-electron chi connectivity index (χ2n) is 16.7. The first-order valence-corrected chi connectivity index (χ1v) is 17.9. The number of nitrogens with one attached hydrogen (secondary N) is 2. The molecule has 10 nitrogen and oxygen atoms in total. The van der Waals surface area contributed by atoms with Crippen molar-refractivity contribution < 1.29 is 19.1 Å². The van der Waals surface area contributed by atoms with Crippen molar-refractivity contribution in [3.05, 3.63) is 72.4 Å². The number of H-pyrrole nitrogens is 2. The molecule has 3 aromatic carbocycles. The second-order valence-corrected chi connectivity index (χ2v) is 16.7. The SMILES string of the molecule is CC(C)(C)OC(=O)N1[C@@H]2CC2C[C@H]1c1ncc(-c2ccc3cc(-c4ccc5nc([C@@H]6CC7C[C@H]7N6C(=O)OC(C)(C)C)[nH]c5c4)ccc3c2)[nH]1. The summed E-state index contributed by atoms with van der Waals surface area (Å²) in [7, 11) is 0. The highest BCUT2D eigenvalue weighted by atomic mass is 16.6. The van der Waals surface area contributed by atoms with Crippen LogP contribution in [0.2, 0.25) is 0 Å². The van der Waals surface area contributed by atoms with E-state index in [1.807, 2.05) is 57.5 Å². The highest BCUT2D eigenvalue weighted by Crippen LogP contribution is 2.54. The molecule has 4 heterocycles. The van der Waals surface area contributed by atoms with Gasteiger partial charge in [-0.25, -0.2) is 19.6 Å². The van der Waals surface area contributed by atoms with E-state index in [0.29, 0.717) is 11.8 Å². The number of likely N-dealkylation sites (tertiary alicyclic amines) is 2. The third kappa shape index (κ3) is 5.58. The zero-order valence-corrected chi connectivity index (χ0v) is 29.5. The number of hydrogen-bond acceptors (Lipinski definition) is 6. The monoisotopic (exact) mass is 672 g/mol. The minimum absolute atomic E-state index is 0.0960. The van der Waals surface area contributed by atoms with Crippen LogP contribution in [0.25, 0.3) is 44.2 Å². The first kappa shape index (κ1) is 31.1. The van der Waals surface area contributed by atoms with Crippen LogP contribution in [0, 0.1) is 11.8 Å². The van der Waals surface area contributed by atoms with Gasteiger partial charge in [-0.05, 0) is 125 Å². The van der Waals surface area contributed by atoms with Gasteiger partial charge in [0, 0.05) is 17.6 Å². The van der Waals surface area contributed by atoms with Crippen LogP contribution in [0.3, 0.4) is 0 Å². The summed E-state index contributed by atoms with van der Waals surface area (Å²) in [6.45, 7) is 11.4. The number of fused-ring (bicyclic) bond motifs is 4. The maximum absolute atomic E-state index is 13.1. The summed E-state index contributed by atoms with van der Waals surface area (Å²) in [5, 5.41) is 2.27. The summed E-state index contributed by atoms with van der Waals surface area (Å²) >= 11 is 0. The first-order chi connectivity index (χ1) is 23.8. The summed E-state index contributed by atoms with van der Waals surface area (Å²) in [6, 6.07) is 19.6. The third-order valence-corrected chi connectivity index (χ3v) is 10.6. The number of hydrogen-bond donors (Lipinski definition) is 2. The maximum atomic E-state index is 13.1. The standard InChI is InChI=1S/C40H44N6O4/c1-39(2,3)49-37(47)45-31-16-26(31)18-33(45)35-41-20-30(44-35)25-10-9-21-13-22(7-8-23(21)14-25)24-11-12-28-29(15-24)43-36(42-28)34-19-27-17-32(27)46(34)38(48)50-40(4,5)6/h7-15,20,26-27,31-34H,16-19H2,1-6H3,(H,41,44)(H,42,43)/t26?,27?,31-,32-,33+,34+/m1/s1. The Morgan fingerprint density at radius 3 is 1.84 bits per heavy atom. The molecule has 4 aliphatic rings. The van der Waals surface area contributed by atoms with Crippen LogP contribution in [-0.2, 0) is 9.47 Å². The van der Waals surface area contributed by atoms with Crippen molar-refractivity contribution in [2.75, 3.05) is 0 Å². The maximum Gasteiger partial charge on any atom is 0.411 e. The quantitative estimate of drug-likeness (QED) is 0.197. The molecule has 0 spiro atoms. The van der Waals surface area contributed by atoms with Gasteiger partial charge < -0.3 is 19.4 Å². The molecule has 0 radical (unpaired) electrons. The lowest BCUT2D eigenvalue weighted by atomic mass is 9.99. The number of piperidine rings is 2. The van der Waals surface area contributed by atoms with E-state index in [2.05, 4.69) is 64.6 Å². The van der Waals surface area contributed by atoms with Gasteiger partial charge in [0.2, 0.25) is 0 Å². The predicted octanol–water partition coefficient (Wildman–Crippen LogP) is 8.91. The third-order valence-electron chi connectivity index (χ3n) is 10.6. The van der Waals surface area contributed by atoms with Gasteiger partial charge in [0.15, 0.2) is 0 Å².